The van der Waals surface area contributed by atoms with Crippen LogP contribution in [0.15, 0.2) is 78.9 Å². The quantitative estimate of drug-likeness (QED) is 0.0459. The van der Waals surface area contributed by atoms with E-state index in [0.29, 0.717) is 50.8 Å². The summed E-state index contributed by atoms with van der Waals surface area (Å²) in [4.78, 5) is 57.2. The van der Waals surface area contributed by atoms with Crippen molar-refractivity contribution in [2.75, 3.05) is 25.2 Å². The minimum atomic E-state index is -3.73. The number of carbonyl (C=O) groups excluding carboxylic acids is 3. The molecule has 0 saturated heterocycles. The fourth-order valence-electron chi connectivity index (χ4n) is 5.16. The van der Waals surface area contributed by atoms with Crippen LogP contribution in [0.2, 0.25) is 5.02 Å². The monoisotopic (exact) mass is 795 g/mol. The average molecular weight is 796 g/mol. The Hall–Kier alpha value is -4.94. The van der Waals surface area contributed by atoms with Crippen molar-refractivity contribution in [2.45, 2.75) is 64.6 Å². The summed E-state index contributed by atoms with van der Waals surface area (Å²) in [6.45, 7) is 7.27. The van der Waals surface area contributed by atoms with Crippen molar-refractivity contribution in [3.05, 3.63) is 112 Å². The number of hydrogen-bond donors (Lipinski definition) is 2. The summed E-state index contributed by atoms with van der Waals surface area (Å²) in [5, 5.41) is 11.0. The van der Waals surface area contributed by atoms with Crippen LogP contribution < -0.4 is 9.41 Å². The molecule has 0 fully saturated rings. The molecule has 0 bridgehead atoms. The lowest BCUT2D eigenvalue weighted by Gasteiger charge is -2.24. The lowest BCUT2D eigenvalue weighted by Crippen LogP contribution is -2.40. The maximum Gasteiger partial charge on any atom is 0.352 e. The third-order valence-corrected chi connectivity index (χ3v) is 9.87. The Kier molecular flexibility index (Phi) is 14.5. The first kappa shape index (κ1) is 42.8. The number of halogens is 2. The minimum Gasteiger partial charge on any atom is -0.476 e. The minimum absolute atomic E-state index is 0.0410. The molecule has 1 aromatic heterocycles. The zero-order chi connectivity index (χ0) is 40.5. The molecule has 0 radical (unpaired) electrons. The van der Waals surface area contributed by atoms with E-state index in [1.165, 1.54) is 39.7 Å². The molecule has 0 aliphatic carbocycles. The second kappa shape index (κ2) is 18.6. The maximum atomic E-state index is 13.8. The van der Waals surface area contributed by atoms with Crippen LogP contribution in [-0.4, -0.2) is 69.9 Å². The number of hydrogen-bond acceptors (Lipinski definition) is 10. The van der Waals surface area contributed by atoms with Gasteiger partial charge in [-0.2, -0.15) is 0 Å². The summed E-state index contributed by atoms with van der Waals surface area (Å²) >= 11 is 5.90. The smallest absolute Gasteiger partial charge is 0.352 e. The normalized spacial score (nSPS) is 13.3. The molecule has 2 unspecified atom stereocenters. The van der Waals surface area contributed by atoms with Crippen molar-refractivity contribution in [1.82, 2.24) is 9.97 Å². The molecule has 0 amide bonds. The number of benzene rings is 3. The van der Waals surface area contributed by atoms with Gasteiger partial charge >= 0.3 is 11.9 Å². The Morgan fingerprint density at radius 1 is 0.964 bits per heavy atom. The van der Waals surface area contributed by atoms with Crippen molar-refractivity contribution in [2.24, 2.45) is 0 Å². The molecule has 15 heteroatoms. The molecule has 12 nitrogen and oxygen atoms in total. The molecule has 2 atom stereocenters. The van der Waals surface area contributed by atoms with Gasteiger partial charge in [-0.25, -0.2) is 19.2 Å². The van der Waals surface area contributed by atoms with E-state index in [9.17, 15) is 33.3 Å². The van der Waals surface area contributed by atoms with Gasteiger partial charge in [-0.15, -0.1) is 0 Å². The summed E-state index contributed by atoms with van der Waals surface area (Å²) < 4.78 is 43.2. The summed E-state index contributed by atoms with van der Waals surface area (Å²) in [5.74, 6) is -2.00. The Morgan fingerprint density at radius 3 is 2.15 bits per heavy atom. The van der Waals surface area contributed by atoms with Crippen LogP contribution in [0.25, 0.3) is 17.3 Å². The molecule has 0 saturated carbocycles. The molecule has 0 aliphatic heterocycles. The summed E-state index contributed by atoms with van der Waals surface area (Å²) in [6, 6.07) is 18.4. The van der Waals surface area contributed by atoms with Gasteiger partial charge in [0.1, 0.15) is 11.6 Å². The van der Waals surface area contributed by atoms with Gasteiger partial charge < -0.3 is 24.2 Å². The van der Waals surface area contributed by atoms with E-state index in [4.69, 9.17) is 25.8 Å². The zero-order valence-electron chi connectivity index (χ0n) is 31.4. The molecule has 292 valence electrons. The molecule has 4 aromatic rings. The standard InChI is InChI=1S/C40H44ClFN3O9P/c1-25(2)35-33(36(26-13-19-30(42)20-14-26)44-39(43-35)45(5)55(6,50)51)10-8-7-9-31(46)23-34(47)52-24-53-38(49)40(3,4)54-32-21-15-28(16-22-32)37(48)27-11-17-29(41)18-12-27/h8,10-22,25,31,46H,7,9,23-24H2,1-6H3,(H,50,51)/b10-8+. The van der Waals surface area contributed by atoms with Crippen LogP contribution in [0.5, 0.6) is 5.75 Å². The molecule has 0 aliphatic rings. The molecular formula is C40H44ClFN3O9P. The highest BCUT2D eigenvalue weighted by Gasteiger charge is 2.32. The highest BCUT2D eigenvalue weighted by Crippen LogP contribution is 2.43. The number of aromatic nitrogens is 2. The molecular weight excluding hydrogens is 752 g/mol. The SMILES string of the molecule is CC(C)c1nc(N(C)P(C)(=O)O)nc(-c2ccc(F)cc2)c1/C=C/CCC(O)CC(=O)OCOC(=O)C(C)(C)Oc1ccc(C(=O)c2ccc(Cl)cc2)cc1. The van der Waals surface area contributed by atoms with Crippen molar-refractivity contribution < 1.29 is 47.5 Å². The topological polar surface area (TPSA) is 165 Å². The van der Waals surface area contributed by atoms with Gasteiger partial charge in [0.05, 0.1) is 23.9 Å². The van der Waals surface area contributed by atoms with Crippen molar-refractivity contribution >= 4 is 48.9 Å². The number of nitrogens with zero attached hydrogens (tertiary/aromatic N) is 3. The van der Waals surface area contributed by atoms with Crippen molar-refractivity contribution in [3.63, 3.8) is 0 Å². The van der Waals surface area contributed by atoms with Gasteiger partial charge in [-0.1, -0.05) is 37.6 Å². The lowest BCUT2D eigenvalue weighted by molar-refractivity contribution is -0.178. The number of anilines is 1. The van der Waals surface area contributed by atoms with Gasteiger partial charge in [-0.3, -0.25) is 18.8 Å². The van der Waals surface area contributed by atoms with Crippen LogP contribution >= 0.6 is 19.1 Å². The Bertz CT molecular complexity index is 2050. The molecule has 3 aromatic carbocycles. The molecule has 2 N–H and O–H groups in total. The fourth-order valence-corrected chi connectivity index (χ4v) is 5.71. The van der Waals surface area contributed by atoms with Gasteiger partial charge in [-0.05, 0) is 105 Å². The largest absolute Gasteiger partial charge is 0.476 e. The molecule has 0 spiro atoms. The first-order valence-electron chi connectivity index (χ1n) is 17.3. The predicted molar refractivity (Wildman–Crippen MR) is 208 cm³/mol. The van der Waals surface area contributed by atoms with Crippen molar-refractivity contribution in [3.8, 4) is 17.0 Å². The zero-order valence-corrected chi connectivity index (χ0v) is 33.0. The highest BCUT2D eigenvalue weighted by molar-refractivity contribution is 7.58. The second-order valence-electron chi connectivity index (χ2n) is 13.6. The average Bonchev–Trinajstić information content (AvgIpc) is 3.13. The molecule has 4 rings (SSSR count). The summed E-state index contributed by atoms with van der Waals surface area (Å²) in [6.07, 6.45) is 2.65. The number of aliphatic hydroxyl groups is 1. The Labute approximate surface area is 324 Å². The Morgan fingerprint density at radius 2 is 1.56 bits per heavy atom. The third kappa shape index (κ3) is 12.0. The lowest BCUT2D eigenvalue weighted by atomic mass is 9.97. The number of allylic oxidation sites excluding steroid dienone is 1. The van der Waals surface area contributed by atoms with Gasteiger partial charge in [0.25, 0.3) is 7.52 Å². The van der Waals surface area contributed by atoms with E-state index in [1.807, 2.05) is 13.8 Å². The Balaban J connectivity index is 1.29. The van der Waals surface area contributed by atoms with Crippen LogP contribution in [0.1, 0.15) is 80.1 Å². The summed E-state index contributed by atoms with van der Waals surface area (Å²) in [5.41, 5.74) is 1.62. The third-order valence-electron chi connectivity index (χ3n) is 8.32. The predicted octanol–water partition coefficient (Wildman–Crippen LogP) is 7.99. The van der Waals surface area contributed by atoms with Crippen LogP contribution in [0.3, 0.4) is 0 Å². The van der Waals surface area contributed by atoms with E-state index >= 15 is 0 Å². The first-order valence-corrected chi connectivity index (χ1v) is 19.8. The first-order chi connectivity index (χ1) is 25.9. The van der Waals surface area contributed by atoms with Gasteiger partial charge in [0.2, 0.25) is 12.7 Å². The second-order valence-corrected chi connectivity index (χ2v) is 16.3. The van der Waals surface area contributed by atoms with Crippen LogP contribution in [0, 0.1) is 5.82 Å². The van der Waals surface area contributed by atoms with E-state index in [0.717, 1.165) is 4.67 Å². The summed E-state index contributed by atoms with van der Waals surface area (Å²) in [7, 11) is -2.31. The number of ether oxygens (including phenoxy) is 3. The van der Waals surface area contributed by atoms with Gasteiger partial charge in [0.15, 0.2) is 11.4 Å². The maximum absolute atomic E-state index is 13.8. The van der Waals surface area contributed by atoms with E-state index in [-0.39, 0.29) is 30.5 Å². The number of aliphatic hydroxyl groups excluding tert-OH is 1. The van der Waals surface area contributed by atoms with Crippen LogP contribution in [-0.2, 0) is 23.6 Å². The highest BCUT2D eigenvalue weighted by atomic mass is 35.5. The number of carbonyl (C=O) groups is 3. The van der Waals surface area contributed by atoms with Crippen molar-refractivity contribution in [1.29, 1.82) is 0 Å². The van der Waals surface area contributed by atoms with E-state index in [1.54, 1.807) is 72.8 Å². The van der Waals surface area contributed by atoms with Crippen LogP contribution in [0.4, 0.5) is 10.3 Å². The number of esters is 2. The van der Waals surface area contributed by atoms with Gasteiger partial charge in [0, 0.05) is 41.0 Å². The number of rotatable bonds is 17. The van der Waals surface area contributed by atoms with E-state index in [2.05, 4.69) is 9.97 Å². The fraction of sp³-hybridized carbons (Fsp3) is 0.325. The molecule has 1 heterocycles. The molecule has 55 heavy (non-hydrogen) atoms. The van der Waals surface area contributed by atoms with E-state index < -0.39 is 43.8 Å². The number of ketones is 1.